The fraction of sp³-hybridized carbons (Fsp3) is 0.667. The third kappa shape index (κ3) is 4.07. The molecule has 0 unspecified atom stereocenters. The lowest BCUT2D eigenvalue weighted by molar-refractivity contribution is 0.462. The summed E-state index contributed by atoms with van der Waals surface area (Å²) in [5, 5.41) is 3.27. The van der Waals surface area contributed by atoms with Crippen molar-refractivity contribution >= 4 is 0 Å². The van der Waals surface area contributed by atoms with E-state index in [1.807, 2.05) is 7.05 Å². The molecule has 0 saturated carbocycles. The molecule has 1 aromatic carbocycles. The van der Waals surface area contributed by atoms with Gasteiger partial charge in [0.15, 0.2) is 0 Å². The smallest absolute Gasteiger partial charge is 0.00436 e. The van der Waals surface area contributed by atoms with Gasteiger partial charge in [-0.25, -0.2) is 0 Å². The van der Waals surface area contributed by atoms with Crippen LogP contribution in [0.5, 0.6) is 0 Å². The van der Waals surface area contributed by atoms with Gasteiger partial charge in [-0.05, 0) is 54.0 Å². The van der Waals surface area contributed by atoms with Crippen LogP contribution in [0.25, 0.3) is 0 Å². The van der Waals surface area contributed by atoms with E-state index in [1.54, 1.807) is 0 Å². The van der Waals surface area contributed by atoms with Crippen molar-refractivity contribution in [3.8, 4) is 0 Å². The van der Waals surface area contributed by atoms with Gasteiger partial charge < -0.3 is 5.32 Å². The predicted octanol–water partition coefficient (Wildman–Crippen LogP) is 4.82. The zero-order valence-corrected chi connectivity index (χ0v) is 13.8. The summed E-state index contributed by atoms with van der Waals surface area (Å²) in [5.74, 6) is 1.19. The van der Waals surface area contributed by atoms with E-state index in [1.165, 1.54) is 23.1 Å². The third-order valence-corrected chi connectivity index (χ3v) is 4.09. The van der Waals surface area contributed by atoms with Gasteiger partial charge in [-0.15, -0.1) is 0 Å². The van der Waals surface area contributed by atoms with Gasteiger partial charge in [-0.2, -0.15) is 0 Å². The van der Waals surface area contributed by atoms with Gasteiger partial charge >= 0.3 is 0 Å². The second-order valence-corrected chi connectivity index (χ2v) is 6.89. The van der Waals surface area contributed by atoms with Crippen molar-refractivity contribution in [2.24, 2.45) is 0 Å². The summed E-state index contributed by atoms with van der Waals surface area (Å²) in [6.07, 6.45) is 1.17. The van der Waals surface area contributed by atoms with Crippen LogP contribution in [0.4, 0.5) is 0 Å². The zero-order chi connectivity index (χ0) is 14.6. The van der Waals surface area contributed by atoms with Gasteiger partial charge in [0.2, 0.25) is 0 Å². The molecule has 0 bridgehead atoms. The van der Waals surface area contributed by atoms with E-state index < -0.39 is 0 Å². The molecule has 1 rings (SSSR count). The van der Waals surface area contributed by atoms with E-state index in [0.29, 0.717) is 11.8 Å². The lowest BCUT2D eigenvalue weighted by Crippen LogP contribution is -2.25. The van der Waals surface area contributed by atoms with Crippen LogP contribution in [0.15, 0.2) is 18.2 Å². The van der Waals surface area contributed by atoms with E-state index >= 15 is 0 Å². The van der Waals surface area contributed by atoms with E-state index in [0.717, 1.165) is 6.54 Å². The molecule has 0 amide bonds. The van der Waals surface area contributed by atoms with E-state index in [4.69, 9.17) is 0 Å². The minimum atomic E-state index is 0.234. The van der Waals surface area contributed by atoms with Gasteiger partial charge in [0.25, 0.3) is 0 Å². The average molecular weight is 261 g/mol. The van der Waals surface area contributed by atoms with Crippen LogP contribution in [-0.2, 0) is 5.41 Å². The van der Waals surface area contributed by atoms with Crippen LogP contribution in [0.1, 0.15) is 76.5 Å². The molecule has 0 aliphatic carbocycles. The summed E-state index contributed by atoms with van der Waals surface area (Å²) in [7, 11) is 2.03. The molecule has 0 heterocycles. The Morgan fingerprint density at radius 2 is 1.68 bits per heavy atom. The van der Waals surface area contributed by atoms with Crippen molar-refractivity contribution in [3.63, 3.8) is 0 Å². The van der Waals surface area contributed by atoms with Gasteiger partial charge in [0, 0.05) is 0 Å². The Morgan fingerprint density at radius 1 is 1.05 bits per heavy atom. The lowest BCUT2D eigenvalue weighted by atomic mass is 9.76. The fourth-order valence-corrected chi connectivity index (χ4v) is 2.61. The summed E-state index contributed by atoms with van der Waals surface area (Å²) in [6.45, 7) is 14.9. The van der Waals surface area contributed by atoms with Gasteiger partial charge in [0.1, 0.15) is 0 Å². The van der Waals surface area contributed by atoms with E-state index in [9.17, 15) is 0 Å². The summed E-state index contributed by atoms with van der Waals surface area (Å²) in [6, 6.07) is 7.10. The van der Waals surface area contributed by atoms with Crippen molar-refractivity contribution in [2.75, 3.05) is 13.6 Å². The first-order chi connectivity index (χ1) is 8.79. The predicted molar refractivity (Wildman–Crippen MR) is 86.2 cm³/mol. The standard InChI is InChI=1S/C18H31N/c1-13(2)15-8-9-17(16(12-15)14(3)4)18(5,6)10-11-19-7/h8-9,12-14,19H,10-11H2,1-7H3. The molecule has 0 saturated heterocycles. The highest BCUT2D eigenvalue weighted by Gasteiger charge is 2.24. The van der Waals surface area contributed by atoms with Crippen LogP contribution < -0.4 is 5.32 Å². The summed E-state index contributed by atoms with van der Waals surface area (Å²) in [4.78, 5) is 0. The Kier molecular flexibility index (Phi) is 5.61. The summed E-state index contributed by atoms with van der Waals surface area (Å²) >= 11 is 0. The zero-order valence-electron chi connectivity index (χ0n) is 13.8. The normalized spacial score (nSPS) is 12.5. The molecule has 19 heavy (non-hydrogen) atoms. The molecule has 1 heteroatoms. The molecule has 1 N–H and O–H groups in total. The molecule has 1 nitrogen and oxygen atoms in total. The minimum Gasteiger partial charge on any atom is -0.320 e. The molecule has 0 atom stereocenters. The van der Waals surface area contributed by atoms with Crippen LogP contribution in [0, 0.1) is 0 Å². The monoisotopic (exact) mass is 261 g/mol. The average Bonchev–Trinajstić information content (AvgIpc) is 2.35. The maximum Gasteiger partial charge on any atom is -0.00436 e. The first-order valence-electron chi connectivity index (χ1n) is 7.58. The van der Waals surface area contributed by atoms with Crippen LogP contribution in [-0.4, -0.2) is 13.6 Å². The van der Waals surface area contributed by atoms with Gasteiger partial charge in [-0.1, -0.05) is 59.7 Å². The Hall–Kier alpha value is -0.820. The second-order valence-electron chi connectivity index (χ2n) is 6.89. The quantitative estimate of drug-likeness (QED) is 0.774. The van der Waals surface area contributed by atoms with E-state index in [2.05, 4.69) is 65.1 Å². The number of rotatable bonds is 6. The summed E-state index contributed by atoms with van der Waals surface area (Å²) < 4.78 is 0. The molecule has 108 valence electrons. The van der Waals surface area contributed by atoms with Gasteiger partial charge in [-0.3, -0.25) is 0 Å². The SMILES string of the molecule is CNCCC(C)(C)c1ccc(C(C)C)cc1C(C)C. The highest BCUT2D eigenvalue weighted by Crippen LogP contribution is 2.35. The second kappa shape index (κ2) is 6.56. The highest BCUT2D eigenvalue weighted by atomic mass is 14.8. The van der Waals surface area contributed by atoms with Crippen LogP contribution in [0.2, 0.25) is 0 Å². The maximum atomic E-state index is 3.27. The van der Waals surface area contributed by atoms with Crippen molar-refractivity contribution in [3.05, 3.63) is 34.9 Å². The molecule has 1 aromatic rings. The molecule has 0 spiro atoms. The molecule has 0 radical (unpaired) electrons. The van der Waals surface area contributed by atoms with E-state index in [-0.39, 0.29) is 5.41 Å². The Bertz CT molecular complexity index is 402. The van der Waals surface area contributed by atoms with Crippen LogP contribution >= 0.6 is 0 Å². The molecule has 0 aliphatic heterocycles. The maximum absolute atomic E-state index is 3.27. The lowest BCUT2D eigenvalue weighted by Gasteiger charge is -2.30. The third-order valence-electron chi connectivity index (χ3n) is 4.09. The number of nitrogens with one attached hydrogen (secondary N) is 1. The molecular weight excluding hydrogens is 230 g/mol. The molecule has 0 aromatic heterocycles. The topological polar surface area (TPSA) is 12.0 Å². The molecule has 0 fully saturated rings. The summed E-state index contributed by atoms with van der Waals surface area (Å²) in [5.41, 5.74) is 4.73. The molecule has 0 aliphatic rings. The Labute approximate surface area is 119 Å². The first kappa shape index (κ1) is 16.2. The largest absolute Gasteiger partial charge is 0.320 e. The van der Waals surface area contributed by atoms with Crippen molar-refractivity contribution in [2.45, 2.75) is 65.2 Å². The van der Waals surface area contributed by atoms with Crippen LogP contribution in [0.3, 0.4) is 0 Å². The minimum absolute atomic E-state index is 0.234. The Balaban J connectivity index is 3.19. The van der Waals surface area contributed by atoms with Crippen molar-refractivity contribution < 1.29 is 0 Å². The van der Waals surface area contributed by atoms with Crippen molar-refractivity contribution in [1.82, 2.24) is 5.32 Å². The first-order valence-corrected chi connectivity index (χ1v) is 7.58. The van der Waals surface area contributed by atoms with Gasteiger partial charge in [0.05, 0.1) is 0 Å². The van der Waals surface area contributed by atoms with Crippen molar-refractivity contribution in [1.29, 1.82) is 0 Å². The Morgan fingerprint density at radius 3 is 2.16 bits per heavy atom. The fourth-order valence-electron chi connectivity index (χ4n) is 2.61. The molecular formula is C18H31N. The number of hydrogen-bond acceptors (Lipinski definition) is 1. The number of benzene rings is 1. The highest BCUT2D eigenvalue weighted by molar-refractivity contribution is 5.39. The number of hydrogen-bond donors (Lipinski definition) is 1.